The molecule has 0 aromatic heterocycles. The maximum absolute atomic E-state index is 14.8. The molecule has 0 radical (unpaired) electrons. The van der Waals surface area contributed by atoms with Crippen LogP contribution in [0.1, 0.15) is 70.4 Å². The lowest BCUT2D eigenvalue weighted by molar-refractivity contribution is -0.387. The minimum absolute atomic E-state index is 0.0228. The number of carbonyl (C=O) groups is 5. The average Bonchev–Trinajstić information content (AvgIpc) is 4.09. The van der Waals surface area contributed by atoms with Crippen molar-refractivity contribution in [3.63, 3.8) is 0 Å². The van der Waals surface area contributed by atoms with Gasteiger partial charge < -0.3 is 25.0 Å². The van der Waals surface area contributed by atoms with E-state index in [2.05, 4.69) is 15.4 Å². The summed E-state index contributed by atoms with van der Waals surface area (Å²) in [7, 11) is -8.77. The van der Waals surface area contributed by atoms with Crippen LogP contribution in [0.15, 0.2) is 59.5 Å². The first kappa shape index (κ1) is 45.3. The van der Waals surface area contributed by atoms with Gasteiger partial charge in [-0.25, -0.2) is 30.8 Å². The summed E-state index contributed by atoms with van der Waals surface area (Å²) >= 11 is 0. The van der Waals surface area contributed by atoms with Gasteiger partial charge in [-0.2, -0.15) is 4.31 Å². The van der Waals surface area contributed by atoms with E-state index in [1.165, 1.54) is 41.3 Å². The van der Waals surface area contributed by atoms with Crippen LogP contribution in [0.4, 0.5) is 19.7 Å². The molecule has 5 amide bonds. The van der Waals surface area contributed by atoms with Gasteiger partial charge in [-0.3, -0.25) is 34.1 Å². The number of hydrogen-bond donors (Lipinski definition) is 3. The van der Waals surface area contributed by atoms with Crippen LogP contribution in [-0.4, -0.2) is 120 Å². The molecule has 20 nitrogen and oxygen atoms in total. The number of rotatable bonds is 8. The van der Waals surface area contributed by atoms with Crippen LogP contribution in [0.5, 0.6) is 0 Å². The van der Waals surface area contributed by atoms with Gasteiger partial charge in [0.1, 0.15) is 35.1 Å². The van der Waals surface area contributed by atoms with E-state index >= 15 is 0 Å². The highest BCUT2D eigenvalue weighted by Gasteiger charge is 2.62. The first-order valence-electron chi connectivity index (χ1n) is 20.4. The molecule has 7 rings (SSSR count). The fourth-order valence-electron chi connectivity index (χ4n) is 8.05. The van der Waals surface area contributed by atoms with Gasteiger partial charge in [0.2, 0.25) is 31.9 Å². The van der Waals surface area contributed by atoms with E-state index in [1.54, 1.807) is 26.8 Å². The maximum atomic E-state index is 14.8. The predicted molar refractivity (Wildman–Crippen MR) is 218 cm³/mol. The molecule has 23 heteroatoms. The Balaban J connectivity index is 1.24. The Kier molecular flexibility index (Phi) is 12.3. The smallest absolute Gasteiger partial charge is 0.410 e. The normalized spacial score (nSPS) is 26.2. The molecule has 63 heavy (non-hydrogen) atoms. The van der Waals surface area contributed by atoms with Crippen molar-refractivity contribution in [1.29, 1.82) is 0 Å². The third-order valence-electron chi connectivity index (χ3n) is 11.5. The molecular formula is C40H48FN7O13S2. The molecule has 5 aliphatic rings. The van der Waals surface area contributed by atoms with Crippen molar-refractivity contribution in [3.8, 4) is 0 Å². The number of nitro benzene ring substituents is 1. The maximum Gasteiger partial charge on any atom is 0.410 e. The Morgan fingerprint density at radius 3 is 2.41 bits per heavy atom. The number of benzene rings is 2. The zero-order chi connectivity index (χ0) is 45.6. The highest BCUT2D eigenvalue weighted by molar-refractivity contribution is 7.91. The lowest BCUT2D eigenvalue weighted by Crippen LogP contribution is -2.58. The van der Waals surface area contributed by atoms with Crippen LogP contribution in [-0.2, 0) is 57.0 Å². The monoisotopic (exact) mass is 917 g/mol. The number of para-hydroxylation sites is 1. The number of amides is 5. The van der Waals surface area contributed by atoms with Crippen LogP contribution < -0.4 is 15.4 Å². The lowest BCUT2D eigenvalue weighted by Gasteiger charge is -2.31. The largest absolute Gasteiger partial charge is 0.444 e. The molecule has 0 unspecified atom stereocenters. The van der Waals surface area contributed by atoms with Crippen molar-refractivity contribution in [2.45, 2.75) is 112 Å². The summed E-state index contributed by atoms with van der Waals surface area (Å²) in [5.41, 5.74) is -2.72. The Labute approximate surface area is 362 Å². The van der Waals surface area contributed by atoms with Gasteiger partial charge in [0, 0.05) is 43.6 Å². The number of sulfonamides is 2. The van der Waals surface area contributed by atoms with Gasteiger partial charge in [-0.15, -0.1) is 0 Å². The standard InChI is InChI=1S/C40H48FN7O13S2/c1-39(2,3)61-37(52)42-30-16-18-46(63(58,59)33-13-5-4-12-31(33)48(54)55)17-7-6-10-25-20-40(25,36(51)44-62(56,57)27-14-15-27)43-34(49)32-19-26(22-47(32)35(30)50)60-38(53)45-21-24-9-8-11-29(41)28(24)23-45/h4-6,8-13,25-27,30,32H,7,14-23H2,1-3H3,(H,42,52)(H,43,49)(H,44,51)/b10-6-/t25-,26-,30+,32+,40-/m1/s1. The van der Waals surface area contributed by atoms with Crippen molar-refractivity contribution in [1.82, 2.24) is 29.5 Å². The molecule has 340 valence electrons. The summed E-state index contributed by atoms with van der Waals surface area (Å²) in [5.74, 6) is -4.16. The fourth-order valence-corrected chi connectivity index (χ4v) is 11.0. The number of nitrogens with one attached hydrogen (secondary N) is 3. The van der Waals surface area contributed by atoms with E-state index in [0.717, 1.165) is 21.3 Å². The van der Waals surface area contributed by atoms with Gasteiger partial charge in [0.25, 0.3) is 11.6 Å². The Morgan fingerprint density at radius 2 is 1.73 bits per heavy atom. The Morgan fingerprint density at radius 1 is 1.00 bits per heavy atom. The summed E-state index contributed by atoms with van der Waals surface area (Å²) < 4.78 is 83.1. The first-order valence-corrected chi connectivity index (χ1v) is 23.4. The second kappa shape index (κ2) is 17.1. The van der Waals surface area contributed by atoms with E-state index in [9.17, 15) is 55.3 Å². The average molecular weight is 918 g/mol. The molecule has 0 bridgehead atoms. The molecule has 3 heterocycles. The topological polar surface area (TPSA) is 261 Å². The molecule has 2 aromatic rings. The van der Waals surface area contributed by atoms with Crippen molar-refractivity contribution in [3.05, 3.63) is 81.7 Å². The highest BCUT2D eigenvalue weighted by Crippen LogP contribution is 2.46. The molecule has 3 N–H and O–H groups in total. The lowest BCUT2D eigenvalue weighted by atomic mass is 10.1. The van der Waals surface area contributed by atoms with Gasteiger partial charge >= 0.3 is 12.2 Å². The van der Waals surface area contributed by atoms with Gasteiger partial charge in [-0.1, -0.05) is 36.4 Å². The number of nitrogens with zero attached hydrogens (tertiary/aromatic N) is 4. The second-order valence-electron chi connectivity index (χ2n) is 17.3. The summed E-state index contributed by atoms with van der Waals surface area (Å²) in [6.45, 7) is 3.40. The van der Waals surface area contributed by atoms with E-state index in [-0.39, 0.29) is 38.9 Å². The molecular weight excluding hydrogens is 870 g/mol. The van der Waals surface area contributed by atoms with Gasteiger partial charge in [0.05, 0.1) is 23.3 Å². The van der Waals surface area contributed by atoms with E-state index in [4.69, 9.17) is 9.47 Å². The van der Waals surface area contributed by atoms with Gasteiger partial charge in [0.15, 0.2) is 4.90 Å². The van der Waals surface area contributed by atoms with Crippen molar-refractivity contribution >= 4 is 55.6 Å². The molecule has 5 atom stereocenters. The van der Waals surface area contributed by atoms with Crippen molar-refractivity contribution in [2.24, 2.45) is 5.92 Å². The summed E-state index contributed by atoms with van der Waals surface area (Å²) in [6.07, 6.45) is -0.250. The molecule has 3 aliphatic heterocycles. The summed E-state index contributed by atoms with van der Waals surface area (Å²) in [4.78, 5) is 82.7. The summed E-state index contributed by atoms with van der Waals surface area (Å²) in [5, 5.41) is 16.3. The van der Waals surface area contributed by atoms with E-state index in [0.29, 0.717) is 24.0 Å². The molecule has 1 saturated heterocycles. The van der Waals surface area contributed by atoms with E-state index in [1.807, 2.05) is 0 Å². The molecule has 2 aliphatic carbocycles. The quantitative estimate of drug-likeness (QED) is 0.196. The minimum atomic E-state index is -4.67. The number of hydrogen-bond acceptors (Lipinski definition) is 13. The van der Waals surface area contributed by atoms with Crippen LogP contribution >= 0.6 is 0 Å². The third-order valence-corrected chi connectivity index (χ3v) is 15.3. The number of alkyl carbamates (subject to hydrolysis) is 1. The van der Waals surface area contributed by atoms with Crippen molar-refractivity contribution < 1.29 is 59.6 Å². The zero-order valence-corrected chi connectivity index (χ0v) is 36.3. The van der Waals surface area contributed by atoms with Crippen LogP contribution in [0.3, 0.4) is 0 Å². The molecule has 3 fully saturated rings. The number of fused-ring (bicyclic) bond motifs is 3. The number of halogens is 1. The molecule has 0 spiro atoms. The van der Waals surface area contributed by atoms with Crippen molar-refractivity contribution in [2.75, 3.05) is 19.6 Å². The highest BCUT2D eigenvalue weighted by atomic mass is 32.2. The van der Waals surface area contributed by atoms with E-state index < -0.39 is 131 Å². The first-order chi connectivity index (χ1) is 29.6. The zero-order valence-electron chi connectivity index (χ0n) is 34.7. The third kappa shape index (κ3) is 9.78. The summed E-state index contributed by atoms with van der Waals surface area (Å²) in [6, 6.07) is 6.04. The minimum Gasteiger partial charge on any atom is -0.444 e. The van der Waals surface area contributed by atoms with Crippen LogP contribution in [0, 0.1) is 21.8 Å². The number of nitro groups is 1. The SMILES string of the molecule is CC(C)(C)OC(=O)N[C@H]1CCN(S(=O)(=O)c2ccccc2[N+](=O)[O-])CC/C=C\[C@@H]2C[C@@]2(C(=O)NS(=O)(=O)C2CC2)NC(=O)[C@@H]2C[C@@H](OC(=O)N3Cc4cccc(F)c4C3)CN2C1=O. The second-order valence-corrected chi connectivity index (χ2v) is 21.1. The van der Waals surface area contributed by atoms with Crippen LogP contribution in [0.2, 0.25) is 0 Å². The predicted octanol–water partition coefficient (Wildman–Crippen LogP) is 2.57. The molecule has 2 aromatic carbocycles. The van der Waals surface area contributed by atoms with Gasteiger partial charge in [-0.05, 0) is 70.6 Å². The Bertz CT molecular complexity index is 2480. The molecule has 2 saturated carbocycles. The Hall–Kier alpha value is -5.68. The number of ether oxygens (including phenoxy) is 2. The number of carbonyl (C=O) groups excluding carboxylic acids is 5. The fraction of sp³-hybridized carbons (Fsp3) is 0.525. The van der Waals surface area contributed by atoms with Crippen LogP contribution in [0.25, 0.3) is 0 Å².